The largest absolute Gasteiger partial charge is 0.462 e. The van der Waals surface area contributed by atoms with Gasteiger partial charge in [-0.05, 0) is 25.0 Å². The van der Waals surface area contributed by atoms with Gasteiger partial charge in [0.1, 0.15) is 6.61 Å². The number of esters is 1. The first-order chi connectivity index (χ1) is 13.0. The Morgan fingerprint density at radius 2 is 2.00 bits per heavy atom. The molecule has 0 bridgehead atoms. The maximum Gasteiger partial charge on any atom is 0.320 e. The lowest BCUT2D eigenvalue weighted by Gasteiger charge is -2.37. The normalized spacial score (nSPS) is 17.1. The number of nitrogens with zero attached hydrogens (tertiary/aromatic N) is 3. The van der Waals surface area contributed by atoms with E-state index in [1.807, 2.05) is 11.0 Å². The molecule has 8 nitrogen and oxygen atoms in total. The van der Waals surface area contributed by atoms with E-state index >= 15 is 0 Å². The summed E-state index contributed by atoms with van der Waals surface area (Å²) < 4.78 is 11.4. The van der Waals surface area contributed by atoms with E-state index in [-0.39, 0.29) is 31.2 Å². The van der Waals surface area contributed by atoms with Crippen LogP contribution in [0.25, 0.3) is 10.9 Å². The Bertz CT molecular complexity index is 843. The average molecular weight is 375 g/mol. The third-order valence-corrected chi connectivity index (χ3v) is 4.89. The summed E-state index contributed by atoms with van der Waals surface area (Å²) in [5.41, 5.74) is -0.504. The average Bonchev–Trinajstić information content (AvgIpc) is 2.67. The molecule has 1 aliphatic heterocycles. The highest BCUT2D eigenvalue weighted by Crippen LogP contribution is 2.23. The molecule has 1 saturated heterocycles. The number of benzene rings is 1. The van der Waals surface area contributed by atoms with Gasteiger partial charge >= 0.3 is 5.97 Å². The van der Waals surface area contributed by atoms with Gasteiger partial charge in [-0.2, -0.15) is 0 Å². The maximum absolute atomic E-state index is 12.6. The summed E-state index contributed by atoms with van der Waals surface area (Å²) in [5, 5.41) is 11.4. The van der Waals surface area contributed by atoms with Gasteiger partial charge < -0.3 is 14.6 Å². The molecule has 0 aliphatic carbocycles. The Kier molecular flexibility index (Phi) is 6.20. The van der Waals surface area contributed by atoms with Crippen LogP contribution in [-0.2, 0) is 20.8 Å². The van der Waals surface area contributed by atoms with Gasteiger partial charge in [-0.3, -0.25) is 19.1 Å². The zero-order valence-electron chi connectivity index (χ0n) is 15.5. The number of likely N-dealkylation sites (tertiary alicyclic amines) is 1. The maximum atomic E-state index is 12.6. The summed E-state index contributed by atoms with van der Waals surface area (Å²) in [6.45, 7) is 2.12. The first kappa shape index (κ1) is 19.5. The molecule has 0 radical (unpaired) electrons. The molecule has 8 heteroatoms. The van der Waals surface area contributed by atoms with Gasteiger partial charge in [-0.15, -0.1) is 0 Å². The molecule has 2 aromatic rings. The molecule has 2 heterocycles. The van der Waals surface area contributed by atoms with Crippen molar-refractivity contribution in [3.8, 4) is 0 Å². The quantitative estimate of drug-likeness (QED) is 0.553. The van der Waals surface area contributed by atoms with Crippen LogP contribution >= 0.6 is 0 Å². The molecule has 0 amide bonds. The van der Waals surface area contributed by atoms with E-state index in [2.05, 4.69) is 4.98 Å². The lowest BCUT2D eigenvalue weighted by molar-refractivity contribution is -0.147. The third-order valence-electron chi connectivity index (χ3n) is 4.89. The second-order valence-corrected chi connectivity index (χ2v) is 6.91. The lowest BCUT2D eigenvalue weighted by Crippen LogP contribution is -2.49. The summed E-state index contributed by atoms with van der Waals surface area (Å²) >= 11 is 0. The second kappa shape index (κ2) is 8.60. The molecule has 0 spiro atoms. The van der Waals surface area contributed by atoms with Gasteiger partial charge in [0.05, 0.1) is 42.5 Å². The summed E-state index contributed by atoms with van der Waals surface area (Å²) in [6, 6.07) is 7.17. The number of rotatable bonds is 7. The number of para-hydroxylation sites is 1. The van der Waals surface area contributed by atoms with Gasteiger partial charge in [0.25, 0.3) is 5.56 Å². The van der Waals surface area contributed by atoms with E-state index in [0.29, 0.717) is 43.4 Å². The van der Waals surface area contributed by atoms with Gasteiger partial charge in [0, 0.05) is 20.2 Å². The number of hydrogen-bond donors (Lipinski definition) is 1. The predicted octanol–water partition coefficient (Wildman–Crippen LogP) is 0.413. The monoisotopic (exact) mass is 375 g/mol. The first-order valence-corrected chi connectivity index (χ1v) is 9.04. The summed E-state index contributed by atoms with van der Waals surface area (Å²) in [4.78, 5) is 30.6. The molecule has 1 aliphatic rings. The predicted molar refractivity (Wildman–Crippen MR) is 99.5 cm³/mol. The van der Waals surface area contributed by atoms with Crippen LogP contribution in [0.3, 0.4) is 0 Å². The van der Waals surface area contributed by atoms with E-state index in [4.69, 9.17) is 9.47 Å². The SMILES string of the molecule is COCCOC(=O)CN1CCC(O)(Cn2cnc3ccccc3c2=O)CC1. The number of fused-ring (bicyclic) bond motifs is 1. The first-order valence-electron chi connectivity index (χ1n) is 9.04. The summed E-state index contributed by atoms with van der Waals surface area (Å²) in [6.07, 6.45) is 2.43. The van der Waals surface area contributed by atoms with Crippen molar-refractivity contribution in [2.45, 2.75) is 25.0 Å². The minimum absolute atomic E-state index is 0.154. The van der Waals surface area contributed by atoms with Crippen molar-refractivity contribution in [1.29, 1.82) is 0 Å². The van der Waals surface area contributed by atoms with Crippen LogP contribution in [0.4, 0.5) is 0 Å². The Hall–Kier alpha value is -2.29. The number of ether oxygens (including phenoxy) is 2. The highest BCUT2D eigenvalue weighted by Gasteiger charge is 2.33. The number of hydrogen-bond acceptors (Lipinski definition) is 7. The van der Waals surface area contributed by atoms with Crippen LogP contribution in [0.1, 0.15) is 12.8 Å². The van der Waals surface area contributed by atoms with Crippen LogP contribution in [0.5, 0.6) is 0 Å². The van der Waals surface area contributed by atoms with Crippen molar-refractivity contribution in [2.75, 3.05) is 40.0 Å². The highest BCUT2D eigenvalue weighted by atomic mass is 16.6. The standard InChI is InChI=1S/C19H25N3O5/c1-26-10-11-27-17(23)12-21-8-6-19(25,7-9-21)13-22-14-20-16-5-3-2-4-15(16)18(22)24/h2-5,14,25H,6-13H2,1H3. The van der Waals surface area contributed by atoms with E-state index in [0.717, 1.165) is 0 Å². The Morgan fingerprint density at radius 1 is 1.26 bits per heavy atom. The van der Waals surface area contributed by atoms with Crippen molar-refractivity contribution in [3.63, 3.8) is 0 Å². The molecule has 3 rings (SSSR count). The highest BCUT2D eigenvalue weighted by molar-refractivity contribution is 5.76. The summed E-state index contributed by atoms with van der Waals surface area (Å²) in [7, 11) is 1.55. The van der Waals surface area contributed by atoms with Crippen LogP contribution in [0, 0.1) is 0 Å². The number of aromatic nitrogens is 2. The summed E-state index contributed by atoms with van der Waals surface area (Å²) in [5.74, 6) is -0.299. The molecular weight excluding hydrogens is 350 g/mol. The van der Waals surface area contributed by atoms with Crippen molar-refractivity contribution in [3.05, 3.63) is 40.9 Å². The molecule has 1 fully saturated rings. The lowest BCUT2D eigenvalue weighted by atomic mass is 9.91. The number of methoxy groups -OCH3 is 1. The number of carbonyl (C=O) groups excluding carboxylic acids is 1. The number of aliphatic hydroxyl groups is 1. The van der Waals surface area contributed by atoms with E-state index in [1.165, 1.54) is 10.9 Å². The zero-order valence-corrected chi connectivity index (χ0v) is 15.5. The molecular formula is C19H25N3O5. The number of piperidine rings is 1. The number of carbonyl (C=O) groups is 1. The van der Waals surface area contributed by atoms with Crippen molar-refractivity contribution < 1.29 is 19.4 Å². The van der Waals surface area contributed by atoms with E-state index in [9.17, 15) is 14.7 Å². The van der Waals surface area contributed by atoms with Crippen LogP contribution in [-0.4, -0.2) is 71.1 Å². The Balaban J connectivity index is 1.57. The molecule has 0 unspecified atom stereocenters. The van der Waals surface area contributed by atoms with Crippen molar-refractivity contribution in [1.82, 2.24) is 14.5 Å². The zero-order chi connectivity index (χ0) is 19.3. The topological polar surface area (TPSA) is 93.9 Å². The van der Waals surface area contributed by atoms with Crippen molar-refractivity contribution >= 4 is 16.9 Å². The smallest absolute Gasteiger partial charge is 0.320 e. The Labute approximate surface area is 157 Å². The second-order valence-electron chi connectivity index (χ2n) is 6.91. The van der Waals surface area contributed by atoms with Gasteiger partial charge in [0.15, 0.2) is 0 Å². The fraction of sp³-hybridized carbons (Fsp3) is 0.526. The third kappa shape index (κ3) is 4.91. The molecule has 0 atom stereocenters. The minimum Gasteiger partial charge on any atom is -0.462 e. The molecule has 0 saturated carbocycles. The Morgan fingerprint density at radius 3 is 2.74 bits per heavy atom. The van der Waals surface area contributed by atoms with Crippen molar-refractivity contribution in [2.24, 2.45) is 0 Å². The van der Waals surface area contributed by atoms with Crippen LogP contribution in [0.2, 0.25) is 0 Å². The van der Waals surface area contributed by atoms with Gasteiger partial charge in [0.2, 0.25) is 0 Å². The molecule has 1 aromatic carbocycles. The van der Waals surface area contributed by atoms with Gasteiger partial charge in [-0.25, -0.2) is 4.98 Å². The van der Waals surface area contributed by atoms with Gasteiger partial charge in [-0.1, -0.05) is 12.1 Å². The minimum atomic E-state index is -0.996. The fourth-order valence-corrected chi connectivity index (χ4v) is 3.29. The molecule has 146 valence electrons. The van der Waals surface area contributed by atoms with E-state index in [1.54, 1.807) is 25.3 Å². The molecule has 1 aromatic heterocycles. The van der Waals surface area contributed by atoms with Crippen LogP contribution < -0.4 is 5.56 Å². The van der Waals surface area contributed by atoms with Crippen LogP contribution in [0.15, 0.2) is 35.4 Å². The molecule has 1 N–H and O–H groups in total. The fourth-order valence-electron chi connectivity index (χ4n) is 3.29. The van der Waals surface area contributed by atoms with E-state index < -0.39 is 5.60 Å². The molecule has 27 heavy (non-hydrogen) atoms.